The zero-order valence-corrected chi connectivity index (χ0v) is 12.9. The summed E-state index contributed by atoms with van der Waals surface area (Å²) in [6.45, 7) is 2.61. The smallest absolute Gasteiger partial charge is 0.315 e. The van der Waals surface area contributed by atoms with Gasteiger partial charge in [0.05, 0.1) is 5.54 Å². The van der Waals surface area contributed by atoms with Crippen LogP contribution in [0.4, 0.5) is 4.79 Å². The molecular weight excluding hydrogens is 272 g/mol. The number of urea groups is 1. The second-order valence-electron chi connectivity index (χ2n) is 6.10. The first-order chi connectivity index (χ1) is 10.7. The maximum atomic E-state index is 12.3. The van der Waals surface area contributed by atoms with Crippen LogP contribution in [0.5, 0.6) is 0 Å². The van der Waals surface area contributed by atoms with E-state index < -0.39 is 0 Å². The van der Waals surface area contributed by atoms with Crippen LogP contribution in [0.1, 0.15) is 36.0 Å². The molecule has 0 aliphatic heterocycles. The quantitative estimate of drug-likeness (QED) is 0.883. The van der Waals surface area contributed by atoms with Gasteiger partial charge in [0.1, 0.15) is 0 Å². The highest BCUT2D eigenvalue weighted by Crippen LogP contribution is 2.40. The summed E-state index contributed by atoms with van der Waals surface area (Å²) >= 11 is 0. The zero-order valence-electron chi connectivity index (χ0n) is 12.9. The largest absolute Gasteiger partial charge is 0.334 e. The van der Waals surface area contributed by atoms with Crippen LogP contribution in [-0.2, 0) is 12.1 Å². The van der Waals surface area contributed by atoms with Crippen molar-refractivity contribution in [2.75, 3.05) is 0 Å². The molecule has 0 heterocycles. The van der Waals surface area contributed by atoms with Crippen molar-refractivity contribution in [3.63, 3.8) is 0 Å². The van der Waals surface area contributed by atoms with E-state index in [0.29, 0.717) is 6.54 Å². The monoisotopic (exact) mass is 294 g/mol. The third-order valence-electron chi connectivity index (χ3n) is 4.42. The van der Waals surface area contributed by atoms with Gasteiger partial charge >= 0.3 is 6.03 Å². The first-order valence-corrected chi connectivity index (χ1v) is 7.85. The van der Waals surface area contributed by atoms with Crippen LogP contribution in [0.25, 0.3) is 0 Å². The molecule has 3 rings (SSSR count). The second kappa shape index (κ2) is 6.22. The van der Waals surface area contributed by atoms with Crippen LogP contribution < -0.4 is 10.6 Å². The van der Waals surface area contributed by atoms with Crippen molar-refractivity contribution < 1.29 is 4.79 Å². The number of nitrogens with one attached hydrogen (secondary N) is 2. The minimum atomic E-state index is -0.183. The van der Waals surface area contributed by atoms with Crippen LogP contribution in [0.2, 0.25) is 0 Å². The zero-order chi connectivity index (χ0) is 15.4. The molecule has 0 unspecified atom stereocenters. The third kappa shape index (κ3) is 3.14. The summed E-state index contributed by atoms with van der Waals surface area (Å²) < 4.78 is 0. The molecule has 0 bridgehead atoms. The second-order valence-corrected chi connectivity index (χ2v) is 6.10. The fourth-order valence-corrected chi connectivity index (χ4v) is 3.04. The molecule has 0 radical (unpaired) electrons. The van der Waals surface area contributed by atoms with E-state index in [1.165, 1.54) is 11.1 Å². The first-order valence-electron chi connectivity index (χ1n) is 7.85. The normalized spacial score (nSPS) is 15.7. The maximum absolute atomic E-state index is 12.3. The van der Waals surface area contributed by atoms with Crippen molar-refractivity contribution in [2.24, 2.45) is 0 Å². The average Bonchev–Trinajstić information content (AvgIpc) is 2.50. The van der Waals surface area contributed by atoms with Gasteiger partial charge in [-0.15, -0.1) is 0 Å². The minimum absolute atomic E-state index is 0.0925. The Morgan fingerprint density at radius 2 is 1.86 bits per heavy atom. The molecule has 0 saturated heterocycles. The molecule has 0 aromatic heterocycles. The van der Waals surface area contributed by atoms with Crippen LogP contribution in [0, 0.1) is 6.92 Å². The van der Waals surface area contributed by atoms with Crippen molar-refractivity contribution in [1.82, 2.24) is 10.6 Å². The van der Waals surface area contributed by atoms with Gasteiger partial charge in [-0.25, -0.2) is 4.79 Å². The molecule has 114 valence electrons. The van der Waals surface area contributed by atoms with Crippen molar-refractivity contribution in [3.8, 4) is 0 Å². The Bertz CT molecular complexity index is 647. The molecule has 2 aromatic carbocycles. The van der Waals surface area contributed by atoms with E-state index in [1.54, 1.807) is 0 Å². The minimum Gasteiger partial charge on any atom is -0.334 e. The van der Waals surface area contributed by atoms with Gasteiger partial charge in [0.25, 0.3) is 0 Å². The lowest BCUT2D eigenvalue weighted by atomic mass is 9.72. The van der Waals surface area contributed by atoms with Gasteiger partial charge in [0, 0.05) is 6.54 Å². The fraction of sp³-hybridized carbons (Fsp3) is 0.316. The summed E-state index contributed by atoms with van der Waals surface area (Å²) in [5.41, 5.74) is 3.35. The van der Waals surface area contributed by atoms with Crippen molar-refractivity contribution in [2.45, 2.75) is 38.3 Å². The number of hydrogen-bond donors (Lipinski definition) is 2. The SMILES string of the molecule is Cc1cccc(CNC(=O)NC2(c3ccccc3)CCC2)c1. The summed E-state index contributed by atoms with van der Waals surface area (Å²) in [6.07, 6.45) is 3.18. The van der Waals surface area contributed by atoms with E-state index in [9.17, 15) is 4.79 Å². The van der Waals surface area contributed by atoms with E-state index in [4.69, 9.17) is 0 Å². The Morgan fingerprint density at radius 1 is 1.09 bits per heavy atom. The number of carbonyl (C=O) groups excluding carboxylic acids is 1. The van der Waals surface area contributed by atoms with Gasteiger partial charge in [-0.05, 0) is 37.3 Å². The summed E-state index contributed by atoms with van der Waals surface area (Å²) in [4.78, 5) is 12.3. The topological polar surface area (TPSA) is 41.1 Å². The van der Waals surface area contributed by atoms with Crippen LogP contribution in [0.3, 0.4) is 0 Å². The lowest BCUT2D eigenvalue weighted by molar-refractivity contribution is 0.177. The molecule has 1 fully saturated rings. The summed E-state index contributed by atoms with van der Waals surface area (Å²) in [5, 5.41) is 6.15. The molecule has 1 saturated carbocycles. The van der Waals surface area contributed by atoms with Crippen molar-refractivity contribution in [3.05, 3.63) is 71.3 Å². The van der Waals surface area contributed by atoms with E-state index in [0.717, 1.165) is 24.8 Å². The van der Waals surface area contributed by atoms with Crippen LogP contribution in [0.15, 0.2) is 54.6 Å². The maximum Gasteiger partial charge on any atom is 0.315 e. The molecule has 3 nitrogen and oxygen atoms in total. The number of rotatable bonds is 4. The van der Waals surface area contributed by atoms with Crippen molar-refractivity contribution >= 4 is 6.03 Å². The molecule has 3 heteroatoms. The van der Waals surface area contributed by atoms with Gasteiger partial charge < -0.3 is 10.6 Å². The molecule has 0 atom stereocenters. The molecule has 2 amide bonds. The summed E-state index contributed by atoms with van der Waals surface area (Å²) in [5.74, 6) is 0. The summed E-state index contributed by atoms with van der Waals surface area (Å²) in [6, 6.07) is 18.4. The number of carbonyl (C=O) groups is 1. The van der Waals surface area contributed by atoms with Gasteiger partial charge in [-0.1, -0.05) is 60.2 Å². The van der Waals surface area contributed by atoms with E-state index >= 15 is 0 Å². The highest BCUT2D eigenvalue weighted by molar-refractivity contribution is 5.75. The Balaban J connectivity index is 1.61. The lowest BCUT2D eigenvalue weighted by Gasteiger charge is -2.43. The lowest BCUT2D eigenvalue weighted by Crippen LogP contribution is -2.53. The number of hydrogen-bond acceptors (Lipinski definition) is 1. The molecule has 1 aliphatic carbocycles. The fourth-order valence-electron chi connectivity index (χ4n) is 3.04. The molecule has 0 spiro atoms. The van der Waals surface area contributed by atoms with Gasteiger partial charge in [-0.2, -0.15) is 0 Å². The highest BCUT2D eigenvalue weighted by atomic mass is 16.2. The average molecular weight is 294 g/mol. The van der Waals surface area contributed by atoms with Crippen LogP contribution in [-0.4, -0.2) is 6.03 Å². The number of aryl methyl sites for hydroxylation is 1. The van der Waals surface area contributed by atoms with Gasteiger partial charge in [0.15, 0.2) is 0 Å². The Kier molecular flexibility index (Phi) is 4.14. The molecular formula is C19H22N2O. The first kappa shape index (κ1) is 14.6. The Labute approximate surface area is 131 Å². The molecule has 22 heavy (non-hydrogen) atoms. The molecule has 1 aliphatic rings. The molecule has 2 N–H and O–H groups in total. The summed E-state index contributed by atoms with van der Waals surface area (Å²) in [7, 11) is 0. The highest BCUT2D eigenvalue weighted by Gasteiger charge is 2.39. The predicted molar refractivity (Wildman–Crippen MR) is 88.5 cm³/mol. The Morgan fingerprint density at radius 3 is 2.50 bits per heavy atom. The van der Waals surface area contributed by atoms with E-state index in [1.807, 2.05) is 30.3 Å². The van der Waals surface area contributed by atoms with Gasteiger partial charge in [-0.3, -0.25) is 0 Å². The standard InChI is InChI=1S/C19H22N2O/c1-15-7-5-8-16(13-15)14-20-18(22)21-19(11-6-12-19)17-9-3-2-4-10-17/h2-5,7-10,13H,6,11-12,14H2,1H3,(H2,20,21,22). The number of amides is 2. The van der Waals surface area contributed by atoms with E-state index in [-0.39, 0.29) is 11.6 Å². The molecule has 2 aromatic rings. The number of benzene rings is 2. The third-order valence-corrected chi connectivity index (χ3v) is 4.42. The Hall–Kier alpha value is -2.29. The van der Waals surface area contributed by atoms with Crippen molar-refractivity contribution in [1.29, 1.82) is 0 Å². The van der Waals surface area contributed by atoms with Gasteiger partial charge in [0.2, 0.25) is 0 Å². The van der Waals surface area contributed by atoms with Crippen LogP contribution >= 0.6 is 0 Å². The predicted octanol–water partition coefficient (Wildman–Crippen LogP) is 3.87. The van der Waals surface area contributed by atoms with E-state index in [2.05, 4.69) is 41.8 Å².